The molecule has 19 heavy (non-hydrogen) atoms. The number of nitrogens with two attached hydrogens (primary N) is 1. The van der Waals surface area contributed by atoms with Crippen LogP contribution in [0, 0.1) is 18.3 Å². The quantitative estimate of drug-likeness (QED) is 0.897. The number of hydrogen-bond donors (Lipinski definition) is 2. The Bertz CT molecular complexity index is 612. The van der Waals surface area contributed by atoms with Crippen LogP contribution in [0.3, 0.4) is 0 Å². The summed E-state index contributed by atoms with van der Waals surface area (Å²) in [7, 11) is 0. The number of nitrogens with zero attached hydrogens (tertiary/aromatic N) is 2. The Balaban J connectivity index is 2.07. The molecular formula is C14H16N4S. The monoisotopic (exact) mass is 272 g/mol. The van der Waals surface area contributed by atoms with Crippen molar-refractivity contribution >= 4 is 22.8 Å². The molecule has 0 radical (unpaired) electrons. The van der Waals surface area contributed by atoms with Crippen LogP contribution in [-0.2, 0) is 6.42 Å². The minimum absolute atomic E-state index is 0.210. The van der Waals surface area contributed by atoms with Gasteiger partial charge in [0.2, 0.25) is 0 Å². The second-order valence-corrected chi connectivity index (χ2v) is 5.91. The fraction of sp³-hybridized carbons (Fsp3) is 0.286. The Labute approximate surface area is 116 Å². The van der Waals surface area contributed by atoms with Crippen LogP contribution >= 0.6 is 11.3 Å². The zero-order chi connectivity index (χ0) is 13.8. The second kappa shape index (κ2) is 5.72. The highest BCUT2D eigenvalue weighted by Gasteiger charge is 2.09. The number of nitriles is 1. The predicted octanol–water partition coefficient (Wildman–Crippen LogP) is 2.95. The van der Waals surface area contributed by atoms with E-state index >= 15 is 0 Å². The molecule has 0 aliphatic heterocycles. The molecular weight excluding hydrogens is 256 g/mol. The molecule has 1 atom stereocenters. The maximum atomic E-state index is 9.07. The third-order valence-electron chi connectivity index (χ3n) is 2.72. The molecule has 5 heteroatoms. The van der Waals surface area contributed by atoms with Crippen LogP contribution < -0.4 is 11.1 Å². The molecule has 0 aromatic carbocycles. The summed E-state index contributed by atoms with van der Waals surface area (Å²) in [5, 5.41) is 12.3. The van der Waals surface area contributed by atoms with Gasteiger partial charge in [-0.05, 0) is 32.0 Å². The van der Waals surface area contributed by atoms with Crippen molar-refractivity contribution in [3.63, 3.8) is 0 Å². The topological polar surface area (TPSA) is 74.7 Å². The van der Waals surface area contributed by atoms with Crippen molar-refractivity contribution in [1.29, 1.82) is 5.26 Å². The molecule has 0 amide bonds. The standard InChI is InChI=1S/C14H16N4S/c1-9(5-13-4-3-10(2)19-13)18-14-11(7-15)6-12(16)8-17-14/h3-4,6,8-9H,5,16H2,1-2H3,(H,17,18). The minimum Gasteiger partial charge on any atom is -0.397 e. The zero-order valence-electron chi connectivity index (χ0n) is 11.0. The van der Waals surface area contributed by atoms with E-state index in [9.17, 15) is 0 Å². The number of nitrogen functional groups attached to an aromatic ring is 1. The maximum Gasteiger partial charge on any atom is 0.144 e. The van der Waals surface area contributed by atoms with E-state index in [1.165, 1.54) is 9.75 Å². The molecule has 2 aromatic heterocycles. The zero-order valence-corrected chi connectivity index (χ0v) is 11.8. The van der Waals surface area contributed by atoms with Gasteiger partial charge in [0.25, 0.3) is 0 Å². The van der Waals surface area contributed by atoms with E-state index in [1.54, 1.807) is 23.6 Å². The van der Waals surface area contributed by atoms with Crippen LogP contribution in [0.1, 0.15) is 22.2 Å². The van der Waals surface area contributed by atoms with Crippen LogP contribution in [0.5, 0.6) is 0 Å². The SMILES string of the molecule is Cc1ccc(CC(C)Nc2ncc(N)cc2C#N)s1. The summed E-state index contributed by atoms with van der Waals surface area (Å²) in [5.41, 5.74) is 6.60. The van der Waals surface area contributed by atoms with E-state index in [1.807, 2.05) is 0 Å². The number of pyridine rings is 1. The van der Waals surface area contributed by atoms with Crippen LogP contribution in [0.25, 0.3) is 0 Å². The van der Waals surface area contributed by atoms with E-state index in [0.717, 1.165) is 6.42 Å². The van der Waals surface area contributed by atoms with Gasteiger partial charge < -0.3 is 11.1 Å². The van der Waals surface area contributed by atoms with Crippen molar-refractivity contribution in [3.05, 3.63) is 39.7 Å². The van der Waals surface area contributed by atoms with Crippen molar-refractivity contribution in [2.45, 2.75) is 26.3 Å². The summed E-state index contributed by atoms with van der Waals surface area (Å²) in [6.07, 6.45) is 2.47. The van der Waals surface area contributed by atoms with E-state index in [-0.39, 0.29) is 6.04 Å². The molecule has 98 valence electrons. The Morgan fingerprint density at radius 2 is 2.32 bits per heavy atom. The molecule has 4 nitrogen and oxygen atoms in total. The number of hydrogen-bond acceptors (Lipinski definition) is 5. The lowest BCUT2D eigenvalue weighted by Crippen LogP contribution is -2.19. The molecule has 2 rings (SSSR count). The third kappa shape index (κ3) is 3.46. The first-order valence-electron chi connectivity index (χ1n) is 6.06. The van der Waals surface area contributed by atoms with Crippen LogP contribution in [0.2, 0.25) is 0 Å². The molecule has 2 aromatic rings. The van der Waals surface area contributed by atoms with E-state index < -0.39 is 0 Å². The lowest BCUT2D eigenvalue weighted by molar-refractivity contribution is 0.794. The summed E-state index contributed by atoms with van der Waals surface area (Å²) < 4.78 is 0. The predicted molar refractivity (Wildman–Crippen MR) is 79.2 cm³/mol. The van der Waals surface area contributed by atoms with Crippen molar-refractivity contribution in [1.82, 2.24) is 4.98 Å². The fourth-order valence-electron chi connectivity index (χ4n) is 1.86. The van der Waals surface area contributed by atoms with Gasteiger partial charge in [0.15, 0.2) is 0 Å². The molecule has 1 unspecified atom stereocenters. The molecule has 0 fully saturated rings. The van der Waals surface area contributed by atoms with Gasteiger partial charge in [0.05, 0.1) is 17.4 Å². The molecule has 3 N–H and O–H groups in total. The van der Waals surface area contributed by atoms with Crippen LogP contribution in [0.4, 0.5) is 11.5 Å². The Morgan fingerprint density at radius 1 is 1.53 bits per heavy atom. The number of nitrogens with one attached hydrogen (secondary N) is 1. The summed E-state index contributed by atoms with van der Waals surface area (Å²) >= 11 is 1.79. The van der Waals surface area contributed by atoms with Gasteiger partial charge in [-0.3, -0.25) is 0 Å². The van der Waals surface area contributed by atoms with Gasteiger partial charge in [-0.25, -0.2) is 4.98 Å². The number of anilines is 2. The molecule has 0 aliphatic carbocycles. The van der Waals surface area contributed by atoms with Gasteiger partial charge in [-0.2, -0.15) is 5.26 Å². The van der Waals surface area contributed by atoms with Gasteiger partial charge in [-0.15, -0.1) is 11.3 Å². The third-order valence-corrected chi connectivity index (χ3v) is 3.74. The highest BCUT2D eigenvalue weighted by atomic mass is 32.1. The number of rotatable bonds is 4. The second-order valence-electron chi connectivity index (χ2n) is 4.54. The average molecular weight is 272 g/mol. The molecule has 0 aliphatic rings. The molecule has 0 saturated carbocycles. The van der Waals surface area contributed by atoms with Crippen molar-refractivity contribution in [2.75, 3.05) is 11.1 Å². The summed E-state index contributed by atoms with van der Waals surface area (Å²) in [6.45, 7) is 4.18. The minimum atomic E-state index is 0.210. The Hall–Kier alpha value is -2.06. The molecule has 2 heterocycles. The number of thiophene rings is 1. The number of aryl methyl sites for hydroxylation is 1. The maximum absolute atomic E-state index is 9.07. The summed E-state index contributed by atoms with van der Waals surface area (Å²) in [5.74, 6) is 0.595. The van der Waals surface area contributed by atoms with Crippen molar-refractivity contribution < 1.29 is 0 Å². The molecule has 0 bridgehead atoms. The summed E-state index contributed by atoms with van der Waals surface area (Å²) in [6, 6.07) is 8.21. The fourth-order valence-corrected chi connectivity index (χ4v) is 2.88. The van der Waals surface area contributed by atoms with Gasteiger partial charge >= 0.3 is 0 Å². The normalized spacial score (nSPS) is 11.8. The van der Waals surface area contributed by atoms with Gasteiger partial charge in [-0.1, -0.05) is 0 Å². The highest BCUT2D eigenvalue weighted by Crippen LogP contribution is 2.19. The Morgan fingerprint density at radius 3 is 2.95 bits per heavy atom. The van der Waals surface area contributed by atoms with E-state index in [0.29, 0.717) is 17.1 Å². The van der Waals surface area contributed by atoms with Crippen LogP contribution in [-0.4, -0.2) is 11.0 Å². The highest BCUT2D eigenvalue weighted by molar-refractivity contribution is 7.11. The van der Waals surface area contributed by atoms with Crippen molar-refractivity contribution in [3.8, 4) is 6.07 Å². The molecule has 0 spiro atoms. The largest absolute Gasteiger partial charge is 0.397 e. The van der Waals surface area contributed by atoms with Gasteiger partial charge in [0.1, 0.15) is 11.9 Å². The lowest BCUT2D eigenvalue weighted by Gasteiger charge is -2.14. The van der Waals surface area contributed by atoms with E-state index in [2.05, 4.69) is 42.4 Å². The van der Waals surface area contributed by atoms with Crippen molar-refractivity contribution in [2.24, 2.45) is 0 Å². The first-order chi connectivity index (χ1) is 9.08. The van der Waals surface area contributed by atoms with E-state index in [4.69, 9.17) is 11.0 Å². The summed E-state index contributed by atoms with van der Waals surface area (Å²) in [4.78, 5) is 6.82. The first-order valence-corrected chi connectivity index (χ1v) is 6.87. The lowest BCUT2D eigenvalue weighted by atomic mass is 10.2. The molecule has 0 saturated heterocycles. The van der Waals surface area contributed by atoms with Gasteiger partial charge in [0, 0.05) is 22.2 Å². The average Bonchev–Trinajstić information content (AvgIpc) is 2.76. The van der Waals surface area contributed by atoms with Crippen LogP contribution in [0.15, 0.2) is 24.4 Å². The smallest absolute Gasteiger partial charge is 0.144 e. The first kappa shape index (κ1) is 13.4. The number of aromatic nitrogens is 1. The Kier molecular flexibility index (Phi) is 4.03.